The molecule has 0 bridgehead atoms. The van der Waals surface area contributed by atoms with Gasteiger partial charge in [-0.15, -0.1) is 0 Å². The maximum atomic E-state index is 12.2. The summed E-state index contributed by atoms with van der Waals surface area (Å²) in [5, 5.41) is 3.58. The molecule has 0 spiro atoms. The molecule has 3 nitrogen and oxygen atoms in total. The summed E-state index contributed by atoms with van der Waals surface area (Å²) in [5.74, 6) is 0.669. The quantitative estimate of drug-likeness (QED) is 0.761. The topological polar surface area (TPSA) is 42.0 Å². The van der Waals surface area contributed by atoms with Crippen molar-refractivity contribution in [1.29, 1.82) is 0 Å². The number of nitrogens with one attached hydrogen (secondary N) is 1. The highest BCUT2D eigenvalue weighted by atomic mass is 32.1. The van der Waals surface area contributed by atoms with E-state index in [2.05, 4.69) is 29.4 Å². The fraction of sp³-hybridized carbons (Fsp3) is 0.263. The van der Waals surface area contributed by atoms with Gasteiger partial charge in [-0.2, -0.15) is 0 Å². The van der Waals surface area contributed by atoms with E-state index in [4.69, 9.17) is 0 Å². The van der Waals surface area contributed by atoms with Gasteiger partial charge in [0.1, 0.15) is 0 Å². The fourth-order valence-electron chi connectivity index (χ4n) is 3.23. The third kappa shape index (κ3) is 2.75. The van der Waals surface area contributed by atoms with E-state index in [9.17, 15) is 4.79 Å². The van der Waals surface area contributed by atoms with Crippen molar-refractivity contribution in [2.24, 2.45) is 5.92 Å². The van der Waals surface area contributed by atoms with Crippen molar-refractivity contribution in [1.82, 2.24) is 4.98 Å². The lowest BCUT2D eigenvalue weighted by Crippen LogP contribution is -2.11. The third-order valence-corrected chi connectivity index (χ3v) is 5.49. The molecule has 4 heteroatoms. The van der Waals surface area contributed by atoms with E-state index in [1.54, 1.807) is 11.3 Å². The fourth-order valence-corrected chi connectivity index (χ4v) is 4.14. The number of anilines is 1. The van der Waals surface area contributed by atoms with Gasteiger partial charge >= 0.3 is 0 Å². The monoisotopic (exact) mass is 322 g/mol. The molecule has 4 rings (SSSR count). The summed E-state index contributed by atoms with van der Waals surface area (Å²) in [4.78, 5) is 16.8. The van der Waals surface area contributed by atoms with E-state index in [-0.39, 0.29) is 5.91 Å². The Morgan fingerprint density at radius 3 is 2.70 bits per heavy atom. The average molecular weight is 322 g/mol. The van der Waals surface area contributed by atoms with E-state index in [0.29, 0.717) is 10.7 Å². The first kappa shape index (κ1) is 14.4. The van der Waals surface area contributed by atoms with E-state index in [1.165, 1.54) is 24.0 Å². The lowest BCUT2D eigenvalue weighted by molar-refractivity contribution is 0.102. The normalized spacial score (nSPS) is 16.5. The van der Waals surface area contributed by atoms with E-state index >= 15 is 0 Å². The first-order chi connectivity index (χ1) is 11.2. The maximum Gasteiger partial charge on any atom is 0.257 e. The number of carbonyl (C=O) groups is 1. The van der Waals surface area contributed by atoms with Crippen LogP contribution in [-0.2, 0) is 12.8 Å². The molecule has 1 aromatic heterocycles. The van der Waals surface area contributed by atoms with Crippen LogP contribution in [0.5, 0.6) is 0 Å². The van der Waals surface area contributed by atoms with Crippen molar-refractivity contribution in [3.8, 4) is 0 Å². The zero-order valence-electron chi connectivity index (χ0n) is 13.0. The molecule has 1 heterocycles. The van der Waals surface area contributed by atoms with Crippen LogP contribution in [0.4, 0.5) is 5.13 Å². The minimum absolute atomic E-state index is 0.108. The van der Waals surface area contributed by atoms with Crippen LogP contribution in [0.1, 0.15) is 34.8 Å². The Balaban J connectivity index is 1.60. The molecule has 0 unspecified atom stereocenters. The Morgan fingerprint density at radius 1 is 1.22 bits per heavy atom. The van der Waals surface area contributed by atoms with E-state index in [0.717, 1.165) is 22.6 Å². The molecule has 3 aromatic rings. The largest absolute Gasteiger partial charge is 0.298 e. The summed E-state index contributed by atoms with van der Waals surface area (Å²) in [6, 6.07) is 13.7. The number of hydrogen-bond donors (Lipinski definition) is 1. The summed E-state index contributed by atoms with van der Waals surface area (Å²) in [5.41, 5.74) is 4.53. The second kappa shape index (κ2) is 5.78. The van der Waals surface area contributed by atoms with Crippen LogP contribution in [0.2, 0.25) is 0 Å². The first-order valence-corrected chi connectivity index (χ1v) is 8.83. The van der Waals surface area contributed by atoms with Gasteiger partial charge in [0.25, 0.3) is 5.91 Å². The van der Waals surface area contributed by atoms with Crippen LogP contribution in [0, 0.1) is 5.92 Å². The zero-order chi connectivity index (χ0) is 15.8. The maximum absolute atomic E-state index is 12.2. The van der Waals surface area contributed by atoms with Crippen molar-refractivity contribution in [3.63, 3.8) is 0 Å². The number of nitrogens with zero attached hydrogens (tertiary/aromatic N) is 1. The van der Waals surface area contributed by atoms with Gasteiger partial charge in [0.15, 0.2) is 5.13 Å². The Morgan fingerprint density at radius 2 is 1.96 bits per heavy atom. The molecule has 0 radical (unpaired) electrons. The van der Waals surface area contributed by atoms with Crippen molar-refractivity contribution in [3.05, 3.63) is 59.2 Å². The molecule has 1 atom stereocenters. The van der Waals surface area contributed by atoms with Gasteiger partial charge in [-0.05, 0) is 54.2 Å². The molecule has 0 saturated carbocycles. The van der Waals surface area contributed by atoms with Gasteiger partial charge in [-0.1, -0.05) is 42.9 Å². The SMILES string of the molecule is CC[C@@H]1Cc2cc3nc(NC(=O)c4ccccc4)sc3cc2C1. The molecular formula is C19H18N2OS. The Hall–Kier alpha value is -2.20. The Bertz CT molecular complexity index is 827. The highest BCUT2D eigenvalue weighted by Crippen LogP contribution is 2.35. The van der Waals surface area contributed by atoms with Gasteiger partial charge in [0.05, 0.1) is 10.2 Å². The van der Waals surface area contributed by atoms with Crippen LogP contribution < -0.4 is 5.32 Å². The van der Waals surface area contributed by atoms with Crippen molar-refractivity contribution in [2.75, 3.05) is 5.32 Å². The third-order valence-electron chi connectivity index (χ3n) is 4.56. The average Bonchev–Trinajstić information content (AvgIpc) is 3.15. The highest BCUT2D eigenvalue weighted by Gasteiger charge is 2.21. The molecule has 23 heavy (non-hydrogen) atoms. The van der Waals surface area contributed by atoms with Gasteiger partial charge in [0.2, 0.25) is 0 Å². The minimum atomic E-state index is -0.108. The number of amides is 1. The molecule has 0 fully saturated rings. The first-order valence-electron chi connectivity index (χ1n) is 8.01. The van der Waals surface area contributed by atoms with E-state index in [1.807, 2.05) is 30.3 Å². The number of thiazole rings is 1. The van der Waals surface area contributed by atoms with Crippen molar-refractivity contribution in [2.45, 2.75) is 26.2 Å². The van der Waals surface area contributed by atoms with Crippen LogP contribution in [-0.4, -0.2) is 10.9 Å². The van der Waals surface area contributed by atoms with Gasteiger partial charge < -0.3 is 0 Å². The molecule has 1 N–H and O–H groups in total. The summed E-state index contributed by atoms with van der Waals surface area (Å²) in [7, 11) is 0. The summed E-state index contributed by atoms with van der Waals surface area (Å²) < 4.78 is 1.16. The molecule has 1 amide bonds. The number of fused-ring (bicyclic) bond motifs is 2. The number of rotatable bonds is 3. The lowest BCUT2D eigenvalue weighted by atomic mass is 10.0. The number of hydrogen-bond acceptors (Lipinski definition) is 3. The summed E-state index contributed by atoms with van der Waals surface area (Å²) in [6.45, 7) is 2.26. The number of aromatic nitrogens is 1. The molecule has 116 valence electrons. The van der Waals surface area contributed by atoms with Crippen LogP contribution in [0.25, 0.3) is 10.2 Å². The molecule has 0 aliphatic heterocycles. The number of carbonyl (C=O) groups excluding carboxylic acids is 1. The zero-order valence-corrected chi connectivity index (χ0v) is 13.8. The summed E-state index contributed by atoms with van der Waals surface area (Å²) in [6.07, 6.45) is 3.56. The molecule has 0 saturated heterocycles. The molecular weight excluding hydrogens is 304 g/mol. The smallest absolute Gasteiger partial charge is 0.257 e. The summed E-state index contributed by atoms with van der Waals surface area (Å²) >= 11 is 1.55. The van der Waals surface area contributed by atoms with E-state index < -0.39 is 0 Å². The second-order valence-electron chi connectivity index (χ2n) is 6.11. The lowest BCUT2D eigenvalue weighted by Gasteiger charge is -2.01. The second-order valence-corrected chi connectivity index (χ2v) is 7.14. The Kier molecular flexibility index (Phi) is 3.62. The Labute approximate surface area is 139 Å². The predicted molar refractivity (Wildman–Crippen MR) is 95.2 cm³/mol. The van der Waals surface area contributed by atoms with Gasteiger partial charge in [-0.3, -0.25) is 10.1 Å². The van der Waals surface area contributed by atoms with Crippen LogP contribution in [0.15, 0.2) is 42.5 Å². The van der Waals surface area contributed by atoms with Crippen LogP contribution >= 0.6 is 11.3 Å². The van der Waals surface area contributed by atoms with Gasteiger partial charge in [0, 0.05) is 5.56 Å². The molecule has 2 aromatic carbocycles. The van der Waals surface area contributed by atoms with Crippen LogP contribution in [0.3, 0.4) is 0 Å². The predicted octanol–water partition coefficient (Wildman–Crippen LogP) is 4.67. The molecule has 1 aliphatic rings. The number of benzene rings is 2. The minimum Gasteiger partial charge on any atom is -0.298 e. The molecule has 1 aliphatic carbocycles. The van der Waals surface area contributed by atoms with Crippen molar-refractivity contribution >= 4 is 32.6 Å². The standard InChI is InChI=1S/C19H18N2OS/c1-2-12-8-14-10-16-17(11-15(14)9-12)23-19(20-16)21-18(22)13-6-4-3-5-7-13/h3-7,10-12H,2,8-9H2,1H3,(H,20,21,22)/t12-/m1/s1. The highest BCUT2D eigenvalue weighted by molar-refractivity contribution is 7.22. The van der Waals surface area contributed by atoms with Crippen molar-refractivity contribution < 1.29 is 4.79 Å². The van der Waals surface area contributed by atoms with Gasteiger partial charge in [-0.25, -0.2) is 4.98 Å².